The zero-order chi connectivity index (χ0) is 11.3. The summed E-state index contributed by atoms with van der Waals surface area (Å²) in [5.41, 5.74) is 6.36. The van der Waals surface area contributed by atoms with Crippen molar-refractivity contribution >= 4 is 37.5 Å². The molecule has 84 valence electrons. The second-order valence-electron chi connectivity index (χ2n) is 3.01. The molecule has 0 aliphatic heterocycles. The van der Waals surface area contributed by atoms with E-state index in [1.54, 1.807) is 7.11 Å². The Morgan fingerprint density at radius 1 is 1.20 bits per heavy atom. The fourth-order valence-electron chi connectivity index (χ4n) is 1.09. The lowest BCUT2D eigenvalue weighted by Crippen LogP contribution is -2.02. The molecule has 0 radical (unpaired) electrons. The van der Waals surface area contributed by atoms with Crippen LogP contribution < -0.4 is 10.5 Å². The van der Waals surface area contributed by atoms with Crippen molar-refractivity contribution in [1.82, 2.24) is 0 Å². The Hall–Kier alpha value is -0.260. The van der Waals surface area contributed by atoms with E-state index in [1.807, 2.05) is 12.1 Å². The van der Waals surface area contributed by atoms with Crippen molar-refractivity contribution in [3.8, 4) is 5.75 Å². The first kappa shape index (κ1) is 12.8. The van der Waals surface area contributed by atoms with Crippen LogP contribution in [0.2, 0.25) is 0 Å². The van der Waals surface area contributed by atoms with Crippen LogP contribution in [0, 0.1) is 0 Å². The summed E-state index contributed by atoms with van der Waals surface area (Å²) in [7, 11) is 1.68. The van der Waals surface area contributed by atoms with Crippen LogP contribution in [0.3, 0.4) is 0 Å². The van der Waals surface area contributed by atoms with Gasteiger partial charge in [-0.3, -0.25) is 0 Å². The Labute approximate surface area is 106 Å². The summed E-state index contributed by atoms with van der Waals surface area (Å²) in [6.45, 7) is 1.32. The zero-order valence-electron chi connectivity index (χ0n) is 8.43. The van der Waals surface area contributed by atoms with E-state index in [-0.39, 0.29) is 0 Å². The predicted octanol–water partition coefficient (Wildman–Crippen LogP) is 3.21. The summed E-state index contributed by atoms with van der Waals surface area (Å²) in [6.07, 6.45) is 0.861. The molecule has 1 rings (SSSR count). The van der Waals surface area contributed by atoms with Crippen molar-refractivity contribution in [3.05, 3.63) is 21.1 Å². The first-order valence-electron chi connectivity index (χ1n) is 4.51. The van der Waals surface area contributed by atoms with Crippen LogP contribution in [-0.4, -0.2) is 20.3 Å². The molecule has 0 aliphatic carbocycles. The lowest BCUT2D eigenvalue weighted by molar-refractivity contribution is 0.171. The average Bonchev–Trinajstić information content (AvgIpc) is 2.15. The third-order valence-electron chi connectivity index (χ3n) is 1.76. The Morgan fingerprint density at radius 3 is 2.33 bits per heavy atom. The van der Waals surface area contributed by atoms with E-state index in [2.05, 4.69) is 31.9 Å². The number of nitrogens with two attached hydrogens (primary N) is 1. The minimum Gasteiger partial charge on any atom is -0.491 e. The highest BCUT2D eigenvalue weighted by atomic mass is 79.9. The molecule has 0 heterocycles. The number of benzene rings is 1. The van der Waals surface area contributed by atoms with Gasteiger partial charge in [0.05, 0.1) is 15.6 Å². The van der Waals surface area contributed by atoms with Crippen LogP contribution in [0.1, 0.15) is 6.42 Å². The average molecular weight is 339 g/mol. The number of methoxy groups -OCH3 is 1. The van der Waals surface area contributed by atoms with Crippen LogP contribution in [-0.2, 0) is 4.74 Å². The van der Waals surface area contributed by atoms with Gasteiger partial charge in [0.25, 0.3) is 0 Å². The van der Waals surface area contributed by atoms with Gasteiger partial charge in [0, 0.05) is 25.8 Å². The maximum atomic E-state index is 5.67. The van der Waals surface area contributed by atoms with E-state index in [0.717, 1.165) is 21.1 Å². The van der Waals surface area contributed by atoms with Crippen molar-refractivity contribution in [3.63, 3.8) is 0 Å². The van der Waals surface area contributed by atoms with Crippen molar-refractivity contribution in [2.24, 2.45) is 0 Å². The molecule has 0 amide bonds. The summed E-state index contributed by atoms with van der Waals surface area (Å²) in [5.74, 6) is 0.778. The molecular weight excluding hydrogens is 326 g/mol. The van der Waals surface area contributed by atoms with Gasteiger partial charge in [-0.1, -0.05) is 0 Å². The van der Waals surface area contributed by atoms with Crippen LogP contribution >= 0.6 is 31.9 Å². The van der Waals surface area contributed by atoms with Gasteiger partial charge in [-0.25, -0.2) is 0 Å². The zero-order valence-corrected chi connectivity index (χ0v) is 11.6. The van der Waals surface area contributed by atoms with E-state index in [1.165, 1.54) is 0 Å². The molecule has 0 saturated carbocycles. The normalized spacial score (nSPS) is 10.3. The predicted molar refractivity (Wildman–Crippen MR) is 68.2 cm³/mol. The molecule has 0 aromatic heterocycles. The molecule has 1 aromatic rings. The molecule has 5 heteroatoms. The molecule has 2 N–H and O–H groups in total. The molecule has 0 bridgehead atoms. The quantitative estimate of drug-likeness (QED) is 0.662. The summed E-state index contributed by atoms with van der Waals surface area (Å²) >= 11 is 6.80. The molecule has 3 nitrogen and oxygen atoms in total. The van der Waals surface area contributed by atoms with Gasteiger partial charge in [0.2, 0.25) is 0 Å². The molecule has 15 heavy (non-hydrogen) atoms. The highest BCUT2D eigenvalue weighted by Gasteiger charge is 2.07. The highest BCUT2D eigenvalue weighted by Crippen LogP contribution is 2.35. The van der Waals surface area contributed by atoms with Crippen molar-refractivity contribution in [2.75, 3.05) is 26.1 Å². The number of halogens is 2. The summed E-state index contributed by atoms with van der Waals surface area (Å²) in [6, 6.07) is 3.63. The molecule has 0 fully saturated rings. The lowest BCUT2D eigenvalue weighted by Gasteiger charge is -2.10. The topological polar surface area (TPSA) is 44.5 Å². The van der Waals surface area contributed by atoms with Gasteiger partial charge in [-0.15, -0.1) is 0 Å². The molecule has 0 saturated heterocycles. The fourth-order valence-corrected chi connectivity index (χ4v) is 2.55. The summed E-state index contributed by atoms with van der Waals surface area (Å²) in [5, 5.41) is 0. The van der Waals surface area contributed by atoms with E-state index < -0.39 is 0 Å². The Bertz CT molecular complexity index is 308. The van der Waals surface area contributed by atoms with Gasteiger partial charge in [-0.05, 0) is 44.0 Å². The van der Waals surface area contributed by atoms with E-state index >= 15 is 0 Å². The Kier molecular flexibility index (Phi) is 5.42. The molecule has 0 atom stereocenters. The van der Waals surface area contributed by atoms with E-state index in [4.69, 9.17) is 15.2 Å². The van der Waals surface area contributed by atoms with Crippen molar-refractivity contribution in [1.29, 1.82) is 0 Å². The van der Waals surface area contributed by atoms with Gasteiger partial charge in [0.1, 0.15) is 5.75 Å². The SMILES string of the molecule is COCCCOc1c(Br)cc(N)cc1Br. The monoisotopic (exact) mass is 337 g/mol. The Morgan fingerprint density at radius 2 is 1.80 bits per heavy atom. The van der Waals surface area contributed by atoms with Crippen LogP contribution in [0.15, 0.2) is 21.1 Å². The van der Waals surface area contributed by atoms with Gasteiger partial charge < -0.3 is 15.2 Å². The van der Waals surface area contributed by atoms with Gasteiger partial charge in [-0.2, -0.15) is 0 Å². The Balaban J connectivity index is 2.60. The number of anilines is 1. The maximum absolute atomic E-state index is 5.67. The second kappa shape index (κ2) is 6.35. The van der Waals surface area contributed by atoms with E-state index in [0.29, 0.717) is 18.9 Å². The number of nitrogen functional groups attached to an aromatic ring is 1. The van der Waals surface area contributed by atoms with Gasteiger partial charge >= 0.3 is 0 Å². The molecule has 0 spiro atoms. The van der Waals surface area contributed by atoms with Crippen LogP contribution in [0.25, 0.3) is 0 Å². The van der Waals surface area contributed by atoms with Crippen LogP contribution in [0.4, 0.5) is 5.69 Å². The summed E-state index contributed by atoms with van der Waals surface area (Å²) in [4.78, 5) is 0. The van der Waals surface area contributed by atoms with Crippen molar-refractivity contribution in [2.45, 2.75) is 6.42 Å². The minimum atomic E-state index is 0.620. The maximum Gasteiger partial charge on any atom is 0.147 e. The van der Waals surface area contributed by atoms with Gasteiger partial charge in [0.15, 0.2) is 0 Å². The smallest absolute Gasteiger partial charge is 0.147 e. The third-order valence-corrected chi connectivity index (χ3v) is 2.94. The molecular formula is C10H13Br2NO2. The van der Waals surface area contributed by atoms with Crippen molar-refractivity contribution < 1.29 is 9.47 Å². The number of hydrogen-bond acceptors (Lipinski definition) is 3. The fraction of sp³-hybridized carbons (Fsp3) is 0.400. The first-order valence-corrected chi connectivity index (χ1v) is 6.10. The number of hydrogen-bond donors (Lipinski definition) is 1. The number of ether oxygens (including phenoxy) is 2. The standard InChI is InChI=1S/C10H13Br2NO2/c1-14-3-2-4-15-10-8(11)5-7(13)6-9(10)12/h5-6H,2-4,13H2,1H3. The summed E-state index contributed by atoms with van der Waals surface area (Å²) < 4.78 is 12.2. The molecule has 1 aromatic carbocycles. The lowest BCUT2D eigenvalue weighted by atomic mass is 10.3. The highest BCUT2D eigenvalue weighted by molar-refractivity contribution is 9.11. The minimum absolute atomic E-state index is 0.620. The first-order chi connectivity index (χ1) is 7.15. The largest absolute Gasteiger partial charge is 0.491 e. The third kappa shape index (κ3) is 4.01. The van der Waals surface area contributed by atoms with Crippen LogP contribution in [0.5, 0.6) is 5.75 Å². The molecule has 0 aliphatic rings. The van der Waals surface area contributed by atoms with E-state index in [9.17, 15) is 0 Å². The number of rotatable bonds is 5. The molecule has 0 unspecified atom stereocenters. The second-order valence-corrected chi connectivity index (χ2v) is 4.72.